The predicted octanol–water partition coefficient (Wildman–Crippen LogP) is 4.50. The molecule has 21 heavy (non-hydrogen) atoms. The van der Waals surface area contributed by atoms with Crippen LogP contribution in [-0.2, 0) is 0 Å². The number of thiophene rings is 1. The molecule has 0 saturated carbocycles. The average Bonchev–Trinajstić information content (AvgIpc) is 2.69. The minimum Gasteiger partial charge on any atom is -0.506 e. The van der Waals surface area contributed by atoms with Gasteiger partial charge in [-0.15, -0.1) is 11.3 Å². The molecule has 3 rings (SSSR count). The lowest BCUT2D eigenvalue weighted by molar-refractivity contribution is 0.473. The second-order valence-corrected chi connectivity index (χ2v) is 7.63. The molecule has 0 fully saturated rings. The van der Waals surface area contributed by atoms with Crippen LogP contribution in [0, 0.1) is 13.8 Å². The van der Waals surface area contributed by atoms with Crippen LogP contribution in [0.4, 0.5) is 0 Å². The summed E-state index contributed by atoms with van der Waals surface area (Å²) in [7, 11) is 0. The summed E-state index contributed by atoms with van der Waals surface area (Å²) in [6.07, 6.45) is 0. The van der Waals surface area contributed by atoms with Gasteiger partial charge >= 0.3 is 0 Å². The molecule has 4 nitrogen and oxygen atoms in total. The van der Waals surface area contributed by atoms with Crippen molar-refractivity contribution in [3.63, 3.8) is 0 Å². The van der Waals surface area contributed by atoms with Crippen LogP contribution < -0.4 is 5.56 Å². The monoisotopic (exact) mass is 428 g/mol. The lowest BCUT2D eigenvalue weighted by Gasteiger charge is -2.07. The van der Waals surface area contributed by atoms with Gasteiger partial charge in [-0.05, 0) is 47.5 Å². The van der Waals surface area contributed by atoms with Crippen LogP contribution in [-0.4, -0.2) is 15.1 Å². The highest BCUT2D eigenvalue weighted by molar-refractivity contribution is 9.11. The molecule has 1 aromatic carbocycles. The molecular weight excluding hydrogens is 420 g/mol. The van der Waals surface area contributed by atoms with E-state index in [2.05, 4.69) is 41.8 Å². The number of phenolic OH excluding ortho intramolecular Hbond substituents is 1. The highest BCUT2D eigenvalue weighted by Crippen LogP contribution is 2.37. The van der Waals surface area contributed by atoms with E-state index in [-0.39, 0.29) is 11.3 Å². The van der Waals surface area contributed by atoms with E-state index in [9.17, 15) is 9.90 Å². The zero-order valence-electron chi connectivity index (χ0n) is 11.1. The number of phenols is 1. The van der Waals surface area contributed by atoms with Crippen molar-refractivity contribution in [1.82, 2.24) is 9.97 Å². The highest BCUT2D eigenvalue weighted by atomic mass is 79.9. The molecule has 0 spiro atoms. The average molecular weight is 430 g/mol. The molecule has 0 aliphatic carbocycles. The van der Waals surface area contributed by atoms with Gasteiger partial charge in [0.15, 0.2) is 0 Å². The van der Waals surface area contributed by atoms with E-state index < -0.39 is 0 Å². The Labute approximate surface area is 141 Å². The first-order chi connectivity index (χ1) is 9.88. The number of nitrogens with zero attached hydrogens (tertiary/aromatic N) is 1. The Bertz CT molecular complexity index is 931. The van der Waals surface area contributed by atoms with E-state index in [1.54, 1.807) is 12.1 Å². The number of fused-ring (bicyclic) bond motifs is 1. The lowest BCUT2D eigenvalue weighted by Crippen LogP contribution is -2.09. The Morgan fingerprint density at radius 1 is 1.29 bits per heavy atom. The van der Waals surface area contributed by atoms with Gasteiger partial charge < -0.3 is 10.1 Å². The molecular formula is C14H10Br2N2O2S. The lowest BCUT2D eigenvalue weighted by atomic mass is 10.1. The fraction of sp³-hybridized carbons (Fsp3) is 0.143. The van der Waals surface area contributed by atoms with E-state index in [4.69, 9.17) is 0 Å². The van der Waals surface area contributed by atoms with Crippen LogP contribution in [0.25, 0.3) is 21.6 Å². The van der Waals surface area contributed by atoms with Gasteiger partial charge in [0.2, 0.25) is 0 Å². The molecule has 0 amide bonds. The van der Waals surface area contributed by atoms with Crippen molar-refractivity contribution in [3.05, 3.63) is 41.9 Å². The third-order valence-corrected chi connectivity index (χ3v) is 5.49. The summed E-state index contributed by atoms with van der Waals surface area (Å²) in [6, 6.07) is 3.45. The molecule has 3 aromatic rings. The fourth-order valence-corrected chi connectivity index (χ4v) is 4.38. The van der Waals surface area contributed by atoms with Gasteiger partial charge in [-0.1, -0.05) is 15.9 Å². The van der Waals surface area contributed by atoms with Crippen LogP contribution in [0.2, 0.25) is 0 Å². The third kappa shape index (κ3) is 2.43. The largest absolute Gasteiger partial charge is 0.506 e. The van der Waals surface area contributed by atoms with Crippen molar-refractivity contribution in [2.24, 2.45) is 0 Å². The number of halogens is 2. The van der Waals surface area contributed by atoms with Crippen LogP contribution in [0.5, 0.6) is 5.75 Å². The van der Waals surface area contributed by atoms with Gasteiger partial charge in [0.1, 0.15) is 16.4 Å². The zero-order valence-corrected chi connectivity index (χ0v) is 15.1. The Hall–Kier alpha value is -1.18. The number of rotatable bonds is 1. The summed E-state index contributed by atoms with van der Waals surface area (Å²) in [5.74, 6) is 0.402. The third-order valence-electron chi connectivity index (χ3n) is 3.32. The van der Waals surface area contributed by atoms with Gasteiger partial charge in [-0.25, -0.2) is 4.98 Å². The molecule has 0 aliphatic heterocycles. The van der Waals surface area contributed by atoms with Crippen molar-refractivity contribution in [3.8, 4) is 17.1 Å². The summed E-state index contributed by atoms with van der Waals surface area (Å²) in [4.78, 5) is 21.3. The minimum atomic E-state index is -0.188. The normalized spacial score (nSPS) is 11.2. The zero-order chi connectivity index (χ0) is 15.3. The van der Waals surface area contributed by atoms with Gasteiger partial charge in [-0.3, -0.25) is 4.79 Å². The van der Waals surface area contributed by atoms with E-state index >= 15 is 0 Å². The Morgan fingerprint density at radius 2 is 2.00 bits per heavy atom. The second-order valence-electron chi connectivity index (χ2n) is 4.66. The SMILES string of the molecule is Cc1sc2nc(-c3cc(Br)cc(Br)c3O)[nH]c(=O)c2c1C. The summed E-state index contributed by atoms with van der Waals surface area (Å²) in [5, 5.41) is 10.8. The van der Waals surface area contributed by atoms with Gasteiger partial charge in [0.05, 0.1) is 15.4 Å². The quantitative estimate of drug-likeness (QED) is 0.598. The predicted molar refractivity (Wildman–Crippen MR) is 92.2 cm³/mol. The maximum Gasteiger partial charge on any atom is 0.260 e. The van der Waals surface area contributed by atoms with Crippen LogP contribution >= 0.6 is 43.2 Å². The molecule has 0 aliphatic rings. The minimum absolute atomic E-state index is 0.0469. The number of benzene rings is 1. The van der Waals surface area contributed by atoms with Crippen molar-refractivity contribution >= 4 is 53.4 Å². The van der Waals surface area contributed by atoms with Gasteiger partial charge in [0, 0.05) is 9.35 Å². The Kier molecular flexibility index (Phi) is 3.67. The van der Waals surface area contributed by atoms with E-state index in [0.29, 0.717) is 26.1 Å². The summed E-state index contributed by atoms with van der Waals surface area (Å²) < 4.78 is 1.32. The van der Waals surface area contributed by atoms with Crippen molar-refractivity contribution in [1.29, 1.82) is 0 Å². The van der Waals surface area contributed by atoms with E-state index in [0.717, 1.165) is 14.9 Å². The molecule has 7 heteroatoms. The number of H-pyrrole nitrogens is 1. The first kappa shape index (κ1) is 14.7. The van der Waals surface area contributed by atoms with Gasteiger partial charge in [-0.2, -0.15) is 0 Å². The molecule has 0 radical (unpaired) electrons. The van der Waals surface area contributed by atoms with Crippen molar-refractivity contribution in [2.45, 2.75) is 13.8 Å². The maximum absolute atomic E-state index is 12.3. The molecule has 0 saturated heterocycles. The summed E-state index contributed by atoms with van der Waals surface area (Å²) in [5.41, 5.74) is 1.24. The number of aromatic hydroxyl groups is 1. The van der Waals surface area contributed by atoms with Crippen LogP contribution in [0.15, 0.2) is 25.9 Å². The molecule has 2 heterocycles. The number of hydrogen-bond donors (Lipinski definition) is 2. The summed E-state index contributed by atoms with van der Waals surface area (Å²) in [6.45, 7) is 3.88. The van der Waals surface area contributed by atoms with Crippen LogP contribution in [0.1, 0.15) is 10.4 Å². The topological polar surface area (TPSA) is 66.0 Å². The molecule has 0 bridgehead atoms. The summed E-state index contributed by atoms with van der Waals surface area (Å²) >= 11 is 8.13. The first-order valence-corrected chi connectivity index (χ1v) is 8.47. The van der Waals surface area contributed by atoms with E-state index in [1.807, 2.05) is 13.8 Å². The van der Waals surface area contributed by atoms with Crippen molar-refractivity contribution < 1.29 is 5.11 Å². The molecule has 2 aromatic heterocycles. The molecule has 108 valence electrons. The maximum atomic E-state index is 12.3. The second kappa shape index (κ2) is 5.23. The number of aromatic nitrogens is 2. The van der Waals surface area contributed by atoms with Crippen molar-refractivity contribution in [2.75, 3.05) is 0 Å². The number of aryl methyl sites for hydroxylation is 2. The number of nitrogens with one attached hydrogen (secondary N) is 1. The Morgan fingerprint density at radius 3 is 2.71 bits per heavy atom. The molecule has 2 N–H and O–H groups in total. The standard InChI is InChI=1S/C14H10Br2N2O2S/c1-5-6(2)21-14-10(5)13(20)17-12(18-14)8-3-7(15)4-9(16)11(8)19/h3-4,19H,1-2H3,(H,17,18,20). The Balaban J connectivity index is 2.35. The first-order valence-electron chi connectivity index (χ1n) is 6.07. The number of aromatic amines is 1. The highest BCUT2D eigenvalue weighted by Gasteiger charge is 2.16. The smallest absolute Gasteiger partial charge is 0.260 e. The molecule has 0 unspecified atom stereocenters. The van der Waals surface area contributed by atoms with E-state index in [1.165, 1.54) is 11.3 Å². The number of hydrogen-bond acceptors (Lipinski definition) is 4. The molecule has 0 atom stereocenters. The fourth-order valence-electron chi connectivity index (χ4n) is 2.13. The van der Waals surface area contributed by atoms with Crippen LogP contribution in [0.3, 0.4) is 0 Å². The van der Waals surface area contributed by atoms with Gasteiger partial charge in [0.25, 0.3) is 5.56 Å².